The topological polar surface area (TPSA) is 37.4 Å². The molecule has 0 bridgehead atoms. The van der Waals surface area contributed by atoms with Gasteiger partial charge in [0.1, 0.15) is 0 Å². The molecule has 1 rings (SSSR count). The maximum Gasteiger partial charge on any atom is 0.254 e. The largest absolute Gasteiger partial charge is 0.274 e. The number of halogens is 1. The van der Waals surface area contributed by atoms with E-state index in [0.717, 1.165) is 6.08 Å². The number of likely N-dealkylation sites (tertiary alicyclic amines) is 1. The Hall–Kier alpha value is -1.19. The molecule has 0 N–H and O–H groups in total. The quantitative estimate of drug-likeness (QED) is 0.413. The molecule has 60 valence electrons. The summed E-state index contributed by atoms with van der Waals surface area (Å²) in [5, 5.41) is 0. The number of alkyl halides is 1. The van der Waals surface area contributed by atoms with E-state index >= 15 is 0 Å². The number of hydrogen-bond donors (Lipinski definition) is 0. The van der Waals surface area contributed by atoms with E-state index in [1.807, 2.05) is 0 Å². The van der Waals surface area contributed by atoms with Crippen LogP contribution in [0.3, 0.4) is 0 Å². The van der Waals surface area contributed by atoms with Gasteiger partial charge in [-0.15, -0.1) is 0 Å². The SMILES string of the molecule is C=CC(=O)N1C(=O)CCC1F. The van der Waals surface area contributed by atoms with Crippen molar-refractivity contribution in [2.45, 2.75) is 19.1 Å². The van der Waals surface area contributed by atoms with Gasteiger partial charge in [0.05, 0.1) is 0 Å². The lowest BCUT2D eigenvalue weighted by molar-refractivity contribution is -0.143. The summed E-state index contributed by atoms with van der Waals surface area (Å²) in [6, 6.07) is 0. The van der Waals surface area contributed by atoms with Crippen LogP contribution in [0.1, 0.15) is 12.8 Å². The number of rotatable bonds is 1. The highest BCUT2D eigenvalue weighted by atomic mass is 19.1. The first-order valence-corrected chi connectivity index (χ1v) is 3.29. The summed E-state index contributed by atoms with van der Waals surface area (Å²) in [7, 11) is 0. The molecular formula is C7H8FNO2. The van der Waals surface area contributed by atoms with E-state index in [9.17, 15) is 14.0 Å². The summed E-state index contributed by atoms with van der Waals surface area (Å²) in [6.45, 7) is 3.16. The van der Waals surface area contributed by atoms with Gasteiger partial charge in [-0.25, -0.2) is 9.29 Å². The van der Waals surface area contributed by atoms with Gasteiger partial charge in [0.2, 0.25) is 5.91 Å². The van der Waals surface area contributed by atoms with E-state index in [-0.39, 0.29) is 12.8 Å². The smallest absolute Gasteiger partial charge is 0.254 e. The van der Waals surface area contributed by atoms with Gasteiger partial charge in [0.25, 0.3) is 5.91 Å². The van der Waals surface area contributed by atoms with Crippen molar-refractivity contribution >= 4 is 11.8 Å². The summed E-state index contributed by atoms with van der Waals surface area (Å²) in [4.78, 5) is 22.2. The van der Waals surface area contributed by atoms with Crippen LogP contribution in [-0.4, -0.2) is 23.0 Å². The normalized spacial score (nSPS) is 23.9. The standard InChI is InChI=1S/C7H8FNO2/c1-2-6(10)9-5(8)3-4-7(9)11/h2,5H,1,3-4H2. The molecule has 0 aliphatic carbocycles. The van der Waals surface area contributed by atoms with Gasteiger partial charge < -0.3 is 0 Å². The fourth-order valence-corrected chi connectivity index (χ4v) is 1.01. The average molecular weight is 157 g/mol. The Morgan fingerprint density at radius 3 is 2.82 bits per heavy atom. The first-order valence-electron chi connectivity index (χ1n) is 3.29. The highest BCUT2D eigenvalue weighted by molar-refractivity contribution is 6.01. The molecule has 0 aromatic rings. The summed E-state index contributed by atoms with van der Waals surface area (Å²) in [5.74, 6) is -1.11. The minimum Gasteiger partial charge on any atom is -0.274 e. The molecule has 0 aromatic heterocycles. The number of carbonyl (C=O) groups excluding carboxylic acids is 2. The van der Waals surface area contributed by atoms with Crippen molar-refractivity contribution in [2.75, 3.05) is 0 Å². The molecule has 1 atom stereocenters. The van der Waals surface area contributed by atoms with Gasteiger partial charge in [-0.05, 0) is 6.08 Å². The van der Waals surface area contributed by atoms with Crippen LogP contribution in [0.25, 0.3) is 0 Å². The lowest BCUT2D eigenvalue weighted by atomic mass is 10.4. The molecule has 1 unspecified atom stereocenters. The highest BCUT2D eigenvalue weighted by Gasteiger charge is 2.34. The monoisotopic (exact) mass is 157 g/mol. The van der Waals surface area contributed by atoms with Crippen molar-refractivity contribution in [3.63, 3.8) is 0 Å². The summed E-state index contributed by atoms with van der Waals surface area (Å²) in [5.41, 5.74) is 0. The molecule has 1 saturated heterocycles. The van der Waals surface area contributed by atoms with Crippen molar-refractivity contribution in [1.29, 1.82) is 0 Å². The molecule has 0 spiro atoms. The van der Waals surface area contributed by atoms with E-state index in [4.69, 9.17) is 0 Å². The zero-order chi connectivity index (χ0) is 8.43. The zero-order valence-corrected chi connectivity index (χ0v) is 5.92. The van der Waals surface area contributed by atoms with Gasteiger partial charge in [-0.1, -0.05) is 6.58 Å². The molecule has 2 amide bonds. The molecule has 1 aliphatic heterocycles. The third-order valence-corrected chi connectivity index (χ3v) is 1.56. The lowest BCUT2D eigenvalue weighted by Crippen LogP contribution is -2.34. The Labute approximate surface area is 63.5 Å². The van der Waals surface area contributed by atoms with Crippen LogP contribution in [0, 0.1) is 0 Å². The Balaban J connectivity index is 2.76. The van der Waals surface area contributed by atoms with Gasteiger partial charge in [0, 0.05) is 12.8 Å². The molecule has 1 aliphatic rings. The van der Waals surface area contributed by atoms with Crippen LogP contribution in [0.4, 0.5) is 4.39 Å². The van der Waals surface area contributed by atoms with Crippen molar-refractivity contribution in [1.82, 2.24) is 4.90 Å². The number of amides is 2. The molecular weight excluding hydrogens is 149 g/mol. The predicted molar refractivity (Wildman–Crippen MR) is 36.2 cm³/mol. The lowest BCUT2D eigenvalue weighted by Gasteiger charge is -2.13. The third-order valence-electron chi connectivity index (χ3n) is 1.56. The highest BCUT2D eigenvalue weighted by Crippen LogP contribution is 2.19. The van der Waals surface area contributed by atoms with Crippen LogP contribution in [-0.2, 0) is 9.59 Å². The maximum atomic E-state index is 12.7. The fraction of sp³-hybridized carbons (Fsp3) is 0.429. The third kappa shape index (κ3) is 1.29. The first kappa shape index (κ1) is 7.91. The first-order chi connectivity index (χ1) is 5.16. The molecule has 4 heteroatoms. The minimum absolute atomic E-state index is 0.110. The van der Waals surface area contributed by atoms with Gasteiger partial charge in [0.15, 0.2) is 6.30 Å². The number of imide groups is 1. The van der Waals surface area contributed by atoms with Crippen LogP contribution in [0.15, 0.2) is 12.7 Å². The summed E-state index contributed by atoms with van der Waals surface area (Å²) < 4.78 is 12.7. The second kappa shape index (κ2) is 2.82. The van der Waals surface area contributed by atoms with Crippen molar-refractivity contribution < 1.29 is 14.0 Å². The Morgan fingerprint density at radius 2 is 2.45 bits per heavy atom. The van der Waals surface area contributed by atoms with Crippen molar-refractivity contribution in [3.8, 4) is 0 Å². The minimum atomic E-state index is -1.45. The zero-order valence-electron chi connectivity index (χ0n) is 5.92. The fourth-order valence-electron chi connectivity index (χ4n) is 1.01. The number of carbonyl (C=O) groups is 2. The van der Waals surface area contributed by atoms with E-state index in [2.05, 4.69) is 6.58 Å². The van der Waals surface area contributed by atoms with Crippen LogP contribution < -0.4 is 0 Å². The molecule has 11 heavy (non-hydrogen) atoms. The van der Waals surface area contributed by atoms with Crippen LogP contribution >= 0.6 is 0 Å². The van der Waals surface area contributed by atoms with Gasteiger partial charge in [-0.2, -0.15) is 0 Å². The molecule has 1 fully saturated rings. The Morgan fingerprint density at radius 1 is 1.82 bits per heavy atom. The Bertz CT molecular complexity index is 214. The molecule has 3 nitrogen and oxygen atoms in total. The molecule has 0 saturated carbocycles. The average Bonchev–Trinajstić information content (AvgIpc) is 2.30. The van der Waals surface area contributed by atoms with Crippen molar-refractivity contribution in [2.24, 2.45) is 0 Å². The Kier molecular flexibility index (Phi) is 2.03. The van der Waals surface area contributed by atoms with E-state index < -0.39 is 18.1 Å². The second-order valence-corrected chi connectivity index (χ2v) is 2.28. The predicted octanol–water partition coefficient (Wildman–Crippen LogP) is 0.617. The number of nitrogens with zero attached hydrogens (tertiary/aromatic N) is 1. The summed E-state index contributed by atoms with van der Waals surface area (Å²) >= 11 is 0. The molecule has 0 radical (unpaired) electrons. The van der Waals surface area contributed by atoms with Crippen LogP contribution in [0.5, 0.6) is 0 Å². The molecule has 0 aromatic carbocycles. The van der Waals surface area contributed by atoms with E-state index in [1.54, 1.807) is 0 Å². The van der Waals surface area contributed by atoms with Crippen molar-refractivity contribution in [3.05, 3.63) is 12.7 Å². The van der Waals surface area contributed by atoms with Crippen LogP contribution in [0.2, 0.25) is 0 Å². The van der Waals surface area contributed by atoms with Gasteiger partial charge >= 0.3 is 0 Å². The molecule has 1 heterocycles. The van der Waals surface area contributed by atoms with Gasteiger partial charge in [-0.3, -0.25) is 9.59 Å². The number of hydrogen-bond acceptors (Lipinski definition) is 2. The van der Waals surface area contributed by atoms with E-state index in [0.29, 0.717) is 4.90 Å². The van der Waals surface area contributed by atoms with E-state index in [1.165, 1.54) is 0 Å². The maximum absolute atomic E-state index is 12.7. The summed E-state index contributed by atoms with van der Waals surface area (Å²) in [6.07, 6.45) is -0.289. The second-order valence-electron chi connectivity index (χ2n) is 2.28.